The van der Waals surface area contributed by atoms with E-state index in [9.17, 15) is 30.0 Å². The van der Waals surface area contributed by atoms with Crippen molar-refractivity contribution in [3.8, 4) is 16.9 Å². The van der Waals surface area contributed by atoms with Gasteiger partial charge in [-0.1, -0.05) is 18.2 Å². The fraction of sp³-hybridized carbons (Fsp3) is 0.276. The first-order valence-electron chi connectivity index (χ1n) is 12.7. The lowest BCUT2D eigenvalue weighted by atomic mass is 9.99. The van der Waals surface area contributed by atoms with Crippen LogP contribution in [0, 0.1) is 6.92 Å². The Kier molecular flexibility index (Phi) is 7.92. The molecule has 11 nitrogen and oxygen atoms in total. The van der Waals surface area contributed by atoms with Gasteiger partial charge in [-0.3, -0.25) is 14.6 Å². The third kappa shape index (κ3) is 5.60. The van der Waals surface area contributed by atoms with Gasteiger partial charge in [-0.15, -0.1) is 0 Å². The van der Waals surface area contributed by atoms with E-state index in [0.717, 1.165) is 16.5 Å². The molecule has 5 rings (SSSR count). The predicted octanol–water partition coefficient (Wildman–Crippen LogP) is 1.19. The van der Waals surface area contributed by atoms with E-state index in [2.05, 4.69) is 10.3 Å². The van der Waals surface area contributed by atoms with Gasteiger partial charge in [-0.05, 0) is 65.4 Å². The molecule has 5 atom stereocenters. The zero-order chi connectivity index (χ0) is 28.4. The number of anilines is 1. The quantitative estimate of drug-likeness (QED) is 0.229. The summed E-state index contributed by atoms with van der Waals surface area (Å²) >= 11 is 0. The molecule has 0 saturated carbocycles. The van der Waals surface area contributed by atoms with Gasteiger partial charge in [0.25, 0.3) is 5.56 Å². The van der Waals surface area contributed by atoms with Crippen LogP contribution in [0.4, 0.5) is 5.69 Å². The average molecular weight is 548 g/mol. The number of aliphatic hydroxyl groups is 4. The molecule has 11 heteroatoms. The number of fused-ring (bicyclic) bond motifs is 1. The van der Waals surface area contributed by atoms with Crippen molar-refractivity contribution in [2.45, 2.75) is 44.2 Å². The number of pyridine rings is 2. The minimum atomic E-state index is -1.54. The number of carbonyl (C=O) groups is 1. The van der Waals surface area contributed by atoms with Crippen molar-refractivity contribution >= 4 is 22.4 Å². The number of aromatic nitrogens is 2. The maximum Gasteiger partial charge on any atom is 0.258 e. The SMILES string of the molecule is Cc1cc(-c2ccc3ccn(CC(=O)Nc4ccncc4)c(=O)c3c2)ccc1OC1OC(CO)C(O)C(O)C1O. The Bertz CT molecular complexity index is 1570. The fourth-order valence-corrected chi connectivity index (χ4v) is 4.63. The molecule has 2 aromatic carbocycles. The molecule has 4 aromatic rings. The summed E-state index contributed by atoms with van der Waals surface area (Å²) in [6.07, 6.45) is -2.20. The summed E-state index contributed by atoms with van der Waals surface area (Å²) in [7, 11) is 0. The predicted molar refractivity (Wildman–Crippen MR) is 146 cm³/mol. The van der Waals surface area contributed by atoms with Gasteiger partial charge in [0.05, 0.1) is 6.61 Å². The second-order valence-electron chi connectivity index (χ2n) is 9.63. The number of carbonyl (C=O) groups excluding carboxylic acids is 1. The molecule has 0 spiro atoms. The Morgan fingerprint density at radius 3 is 2.45 bits per heavy atom. The first-order chi connectivity index (χ1) is 19.2. The Balaban J connectivity index is 1.36. The van der Waals surface area contributed by atoms with Crippen LogP contribution in [-0.4, -0.2) is 73.2 Å². The largest absolute Gasteiger partial charge is 0.462 e. The maximum atomic E-state index is 13.2. The van der Waals surface area contributed by atoms with Gasteiger partial charge in [0, 0.05) is 29.7 Å². The third-order valence-electron chi connectivity index (χ3n) is 6.86. The maximum absolute atomic E-state index is 13.2. The molecule has 1 saturated heterocycles. The average Bonchev–Trinajstić information content (AvgIpc) is 2.96. The number of nitrogens with one attached hydrogen (secondary N) is 1. The van der Waals surface area contributed by atoms with Crippen LogP contribution in [0.2, 0.25) is 0 Å². The molecule has 2 aromatic heterocycles. The van der Waals surface area contributed by atoms with Gasteiger partial charge >= 0.3 is 0 Å². The molecule has 0 aliphatic carbocycles. The fourth-order valence-electron chi connectivity index (χ4n) is 4.63. The summed E-state index contributed by atoms with van der Waals surface area (Å²) in [5.41, 5.74) is 2.54. The highest BCUT2D eigenvalue weighted by molar-refractivity contribution is 5.91. The van der Waals surface area contributed by atoms with Crippen LogP contribution in [0.1, 0.15) is 5.56 Å². The summed E-state index contributed by atoms with van der Waals surface area (Å²) < 4.78 is 12.6. The molecule has 1 fully saturated rings. The van der Waals surface area contributed by atoms with Crippen molar-refractivity contribution in [1.29, 1.82) is 0 Å². The van der Waals surface area contributed by atoms with E-state index in [1.54, 1.807) is 61.9 Å². The lowest BCUT2D eigenvalue weighted by Gasteiger charge is -2.39. The first kappa shape index (κ1) is 27.4. The standard InChI is InChI=1S/C29H29N3O8/c1-16-12-18(4-5-22(16)39-29-27(37)26(36)25(35)23(15-33)40-29)19-3-2-17-8-11-32(28(38)21(17)13-19)14-24(34)31-20-6-9-30-10-7-20/h2-13,23,25-27,29,33,35-37H,14-15H2,1H3,(H,30,31,34). The van der Waals surface area contributed by atoms with Gasteiger partial charge in [0.15, 0.2) is 0 Å². The summed E-state index contributed by atoms with van der Waals surface area (Å²) in [6, 6.07) is 15.9. The van der Waals surface area contributed by atoms with Crippen molar-refractivity contribution in [3.05, 3.63) is 89.1 Å². The number of amides is 1. The van der Waals surface area contributed by atoms with Gasteiger partial charge in [-0.25, -0.2) is 0 Å². The van der Waals surface area contributed by atoms with Crippen molar-refractivity contribution in [2.24, 2.45) is 0 Å². The summed E-state index contributed by atoms with van der Waals surface area (Å²) in [6.45, 7) is 1.09. The van der Waals surface area contributed by atoms with Crippen molar-refractivity contribution in [3.63, 3.8) is 0 Å². The monoisotopic (exact) mass is 547 g/mol. The molecule has 1 amide bonds. The Labute approximate surface area is 228 Å². The Hall–Kier alpha value is -4.13. The summed E-state index contributed by atoms with van der Waals surface area (Å²) in [5, 5.41) is 43.6. The van der Waals surface area contributed by atoms with Crippen LogP contribution in [0.5, 0.6) is 5.75 Å². The number of hydrogen-bond donors (Lipinski definition) is 5. The first-order valence-corrected chi connectivity index (χ1v) is 12.7. The second kappa shape index (κ2) is 11.5. The zero-order valence-corrected chi connectivity index (χ0v) is 21.5. The summed E-state index contributed by atoms with van der Waals surface area (Å²) in [4.78, 5) is 29.6. The number of nitrogens with zero attached hydrogens (tertiary/aromatic N) is 2. The van der Waals surface area contributed by atoms with Crippen molar-refractivity contribution < 1.29 is 34.7 Å². The van der Waals surface area contributed by atoms with Crippen LogP contribution in [0.15, 0.2) is 78.0 Å². The van der Waals surface area contributed by atoms with E-state index >= 15 is 0 Å². The molecule has 1 aliphatic rings. The highest BCUT2D eigenvalue weighted by Crippen LogP contribution is 2.30. The molecule has 208 valence electrons. The second-order valence-corrected chi connectivity index (χ2v) is 9.63. The molecule has 40 heavy (non-hydrogen) atoms. The Morgan fingerprint density at radius 1 is 1.00 bits per heavy atom. The van der Waals surface area contributed by atoms with E-state index in [1.165, 1.54) is 4.57 Å². The number of benzene rings is 2. The molecule has 5 N–H and O–H groups in total. The number of aliphatic hydroxyl groups excluding tert-OH is 4. The lowest BCUT2D eigenvalue weighted by Crippen LogP contribution is -2.60. The van der Waals surface area contributed by atoms with Crippen LogP contribution < -0.4 is 15.6 Å². The molecule has 1 aliphatic heterocycles. The Morgan fingerprint density at radius 2 is 1.73 bits per heavy atom. The number of ether oxygens (including phenoxy) is 2. The van der Waals surface area contributed by atoms with E-state index in [0.29, 0.717) is 22.4 Å². The van der Waals surface area contributed by atoms with Crippen LogP contribution >= 0.6 is 0 Å². The van der Waals surface area contributed by atoms with Crippen molar-refractivity contribution in [2.75, 3.05) is 11.9 Å². The minimum Gasteiger partial charge on any atom is -0.462 e. The molecule has 0 radical (unpaired) electrons. The van der Waals surface area contributed by atoms with E-state index < -0.39 is 37.3 Å². The number of hydrogen-bond acceptors (Lipinski definition) is 9. The van der Waals surface area contributed by atoms with E-state index in [4.69, 9.17) is 9.47 Å². The van der Waals surface area contributed by atoms with E-state index in [1.807, 2.05) is 18.2 Å². The number of aryl methyl sites for hydroxylation is 1. The van der Waals surface area contributed by atoms with Crippen LogP contribution in [-0.2, 0) is 16.1 Å². The summed E-state index contributed by atoms with van der Waals surface area (Å²) in [5.74, 6) is 0.0332. The normalized spacial score (nSPS) is 22.7. The van der Waals surface area contributed by atoms with Crippen LogP contribution in [0.3, 0.4) is 0 Å². The zero-order valence-electron chi connectivity index (χ0n) is 21.5. The molecule has 3 heterocycles. The minimum absolute atomic E-state index is 0.148. The smallest absolute Gasteiger partial charge is 0.258 e. The van der Waals surface area contributed by atoms with Gasteiger partial charge in [-0.2, -0.15) is 0 Å². The topological polar surface area (TPSA) is 163 Å². The highest BCUT2D eigenvalue weighted by Gasteiger charge is 2.44. The third-order valence-corrected chi connectivity index (χ3v) is 6.86. The number of rotatable bonds is 7. The molecular formula is C29H29N3O8. The lowest BCUT2D eigenvalue weighted by molar-refractivity contribution is -0.277. The highest BCUT2D eigenvalue weighted by atomic mass is 16.7. The molecule has 5 unspecified atom stereocenters. The molecule has 0 bridgehead atoms. The van der Waals surface area contributed by atoms with Crippen LogP contribution in [0.25, 0.3) is 21.9 Å². The molecular weight excluding hydrogens is 518 g/mol. The van der Waals surface area contributed by atoms with Gasteiger partial charge in [0.2, 0.25) is 12.2 Å². The van der Waals surface area contributed by atoms with Crippen molar-refractivity contribution in [1.82, 2.24) is 9.55 Å². The van der Waals surface area contributed by atoms with Gasteiger partial charge < -0.3 is 39.8 Å². The van der Waals surface area contributed by atoms with Gasteiger partial charge in [0.1, 0.15) is 36.7 Å². The van der Waals surface area contributed by atoms with E-state index in [-0.39, 0.29) is 18.0 Å².